The summed E-state index contributed by atoms with van der Waals surface area (Å²) in [5.41, 5.74) is 0.394. The van der Waals surface area contributed by atoms with Crippen molar-refractivity contribution in [3.63, 3.8) is 0 Å². The van der Waals surface area contributed by atoms with Crippen molar-refractivity contribution in [3.8, 4) is 17.0 Å². The van der Waals surface area contributed by atoms with Crippen LogP contribution in [0.3, 0.4) is 0 Å². The maximum Gasteiger partial charge on any atom is 0.319 e. The van der Waals surface area contributed by atoms with Crippen molar-refractivity contribution in [3.05, 3.63) is 40.8 Å². The molecular weight excluding hydrogens is 428 g/mol. The molecule has 0 saturated heterocycles. The van der Waals surface area contributed by atoms with Crippen LogP contribution in [0.15, 0.2) is 24.3 Å². The molecule has 0 radical (unpaired) electrons. The van der Waals surface area contributed by atoms with E-state index in [9.17, 15) is 13.6 Å². The number of benzene rings is 1. The van der Waals surface area contributed by atoms with Gasteiger partial charge in [0.05, 0.1) is 12.3 Å². The average molecular weight is 458 g/mol. The SMILES string of the molecule is CC.Cc1cc(F)c(NC(=O)NCCC(C)(C)F)cc1-c1cc(Cl)nc(OCCO)c1. The smallest absolute Gasteiger partial charge is 0.319 e. The second kappa shape index (κ2) is 12.4. The zero-order chi connectivity index (χ0) is 23.6. The molecule has 9 heteroatoms. The van der Waals surface area contributed by atoms with E-state index in [1.54, 1.807) is 19.1 Å². The molecule has 0 atom stereocenters. The van der Waals surface area contributed by atoms with Crippen LogP contribution in [0, 0.1) is 12.7 Å². The Labute approximate surface area is 187 Å². The molecule has 0 saturated carbocycles. The summed E-state index contributed by atoms with van der Waals surface area (Å²) in [5, 5.41) is 14.0. The quantitative estimate of drug-likeness (QED) is 0.456. The van der Waals surface area contributed by atoms with E-state index in [4.69, 9.17) is 21.4 Å². The summed E-state index contributed by atoms with van der Waals surface area (Å²) in [4.78, 5) is 16.0. The Morgan fingerprint density at radius 3 is 2.55 bits per heavy atom. The van der Waals surface area contributed by atoms with Crippen LogP contribution in [0.4, 0.5) is 19.3 Å². The monoisotopic (exact) mass is 457 g/mol. The van der Waals surface area contributed by atoms with Crippen molar-refractivity contribution in [2.45, 2.75) is 46.7 Å². The number of aliphatic hydroxyl groups excluding tert-OH is 1. The van der Waals surface area contributed by atoms with Crippen LogP contribution in [-0.2, 0) is 0 Å². The van der Waals surface area contributed by atoms with E-state index in [0.29, 0.717) is 16.7 Å². The predicted molar refractivity (Wildman–Crippen MR) is 120 cm³/mol. The molecule has 0 aliphatic heterocycles. The van der Waals surface area contributed by atoms with E-state index in [1.807, 2.05) is 13.8 Å². The molecule has 1 heterocycles. The van der Waals surface area contributed by atoms with E-state index in [2.05, 4.69) is 15.6 Å². The third kappa shape index (κ3) is 9.06. The number of nitrogens with one attached hydrogen (secondary N) is 2. The number of aliphatic hydroxyl groups is 1. The first kappa shape index (κ1) is 26.6. The Bertz CT molecular complexity index is 874. The lowest BCUT2D eigenvalue weighted by Gasteiger charge is -2.16. The second-order valence-electron chi connectivity index (χ2n) is 7.09. The minimum Gasteiger partial charge on any atom is -0.475 e. The maximum absolute atomic E-state index is 14.3. The van der Waals surface area contributed by atoms with Gasteiger partial charge in [0, 0.05) is 12.6 Å². The lowest BCUT2D eigenvalue weighted by molar-refractivity contribution is 0.197. The van der Waals surface area contributed by atoms with Gasteiger partial charge >= 0.3 is 6.03 Å². The third-order valence-electron chi connectivity index (χ3n) is 3.99. The molecule has 0 fully saturated rings. The Kier molecular flexibility index (Phi) is 10.6. The number of aryl methyl sites for hydroxylation is 1. The highest BCUT2D eigenvalue weighted by molar-refractivity contribution is 6.29. The fourth-order valence-corrected chi connectivity index (χ4v) is 2.77. The van der Waals surface area contributed by atoms with Gasteiger partial charge in [0.15, 0.2) is 0 Å². The van der Waals surface area contributed by atoms with Gasteiger partial charge in [0.1, 0.15) is 23.2 Å². The first-order valence-corrected chi connectivity index (χ1v) is 10.4. The number of urea groups is 1. The van der Waals surface area contributed by atoms with Gasteiger partial charge in [-0.25, -0.2) is 18.6 Å². The molecule has 2 aromatic rings. The molecule has 0 aliphatic carbocycles. The number of anilines is 1. The topological polar surface area (TPSA) is 83.5 Å². The Hall–Kier alpha value is -2.45. The van der Waals surface area contributed by atoms with Gasteiger partial charge in [-0.15, -0.1) is 0 Å². The molecule has 0 bridgehead atoms. The number of hydrogen-bond acceptors (Lipinski definition) is 4. The van der Waals surface area contributed by atoms with Gasteiger partial charge in [-0.1, -0.05) is 25.4 Å². The van der Waals surface area contributed by atoms with E-state index < -0.39 is 17.5 Å². The number of nitrogens with zero attached hydrogens (tertiary/aromatic N) is 1. The largest absolute Gasteiger partial charge is 0.475 e. The van der Waals surface area contributed by atoms with Crippen LogP contribution in [0.2, 0.25) is 5.15 Å². The minimum absolute atomic E-state index is 0.0339. The molecule has 6 nitrogen and oxygen atoms in total. The van der Waals surface area contributed by atoms with Gasteiger partial charge in [-0.2, -0.15) is 0 Å². The summed E-state index contributed by atoms with van der Waals surface area (Å²) in [5.74, 6) is -0.393. The average Bonchev–Trinajstić information content (AvgIpc) is 2.68. The number of ether oxygens (including phenoxy) is 1. The van der Waals surface area contributed by atoms with E-state index >= 15 is 0 Å². The number of carbonyl (C=O) groups excluding carboxylic acids is 1. The summed E-state index contributed by atoms with van der Waals surface area (Å²) >= 11 is 6.04. The van der Waals surface area contributed by atoms with Crippen molar-refractivity contribution in [1.29, 1.82) is 0 Å². The Morgan fingerprint density at radius 2 is 1.94 bits per heavy atom. The standard InChI is InChI=1S/C20H24ClF2N3O3.C2H6/c1-12-8-15(22)16(25-19(28)24-5-4-20(2,3)23)11-14(12)13-9-17(21)26-18(10-13)29-7-6-27;1-2/h8-11,27H,4-7H2,1-3H3,(H2,24,25,28);1-2H3. The van der Waals surface area contributed by atoms with Crippen molar-refractivity contribution in [2.24, 2.45) is 0 Å². The van der Waals surface area contributed by atoms with Crippen LogP contribution >= 0.6 is 11.6 Å². The highest BCUT2D eigenvalue weighted by atomic mass is 35.5. The zero-order valence-corrected chi connectivity index (χ0v) is 19.2. The summed E-state index contributed by atoms with van der Waals surface area (Å²) in [6.07, 6.45) is 0.133. The van der Waals surface area contributed by atoms with Crippen LogP contribution in [0.5, 0.6) is 5.88 Å². The van der Waals surface area contributed by atoms with Crippen LogP contribution < -0.4 is 15.4 Å². The van der Waals surface area contributed by atoms with Crippen LogP contribution in [0.1, 0.15) is 39.7 Å². The van der Waals surface area contributed by atoms with Gasteiger partial charge < -0.3 is 20.5 Å². The van der Waals surface area contributed by atoms with Gasteiger partial charge in [-0.3, -0.25) is 0 Å². The Morgan fingerprint density at radius 1 is 1.26 bits per heavy atom. The van der Waals surface area contributed by atoms with E-state index in [1.165, 1.54) is 26.0 Å². The predicted octanol–water partition coefficient (Wildman–Crippen LogP) is 5.51. The van der Waals surface area contributed by atoms with Crippen molar-refractivity contribution in [1.82, 2.24) is 10.3 Å². The molecule has 3 N–H and O–H groups in total. The number of aromatic nitrogens is 1. The number of hydrogen-bond donors (Lipinski definition) is 3. The summed E-state index contributed by atoms with van der Waals surface area (Å²) < 4.78 is 33.1. The molecule has 1 aromatic carbocycles. The highest BCUT2D eigenvalue weighted by Gasteiger charge is 2.16. The van der Waals surface area contributed by atoms with Crippen LogP contribution in [0.25, 0.3) is 11.1 Å². The number of amides is 2. The molecule has 2 rings (SSSR count). The second-order valence-corrected chi connectivity index (χ2v) is 7.47. The van der Waals surface area contributed by atoms with Gasteiger partial charge in [0.25, 0.3) is 0 Å². The molecule has 0 aliphatic rings. The number of alkyl halides is 1. The molecule has 0 spiro atoms. The first-order chi connectivity index (χ1) is 14.6. The molecule has 31 heavy (non-hydrogen) atoms. The van der Waals surface area contributed by atoms with Gasteiger partial charge in [0.2, 0.25) is 5.88 Å². The molecule has 2 amide bonds. The fourth-order valence-electron chi connectivity index (χ4n) is 2.57. The lowest BCUT2D eigenvalue weighted by atomic mass is 10.0. The van der Waals surface area contributed by atoms with Crippen LogP contribution in [-0.4, -0.2) is 41.5 Å². The summed E-state index contributed by atoms with van der Waals surface area (Å²) in [7, 11) is 0. The van der Waals surface area contributed by atoms with E-state index in [-0.39, 0.29) is 42.9 Å². The maximum atomic E-state index is 14.3. The fraction of sp³-hybridized carbons (Fsp3) is 0.455. The Balaban J connectivity index is 0.00000233. The molecule has 0 unspecified atom stereocenters. The third-order valence-corrected chi connectivity index (χ3v) is 4.18. The summed E-state index contributed by atoms with van der Waals surface area (Å²) in [6, 6.07) is 5.32. The van der Waals surface area contributed by atoms with Crippen molar-refractivity contribution in [2.75, 3.05) is 25.1 Å². The molecule has 1 aromatic heterocycles. The molecular formula is C22H30ClF2N3O3. The zero-order valence-electron chi connectivity index (χ0n) is 18.5. The summed E-state index contributed by atoms with van der Waals surface area (Å²) in [6.45, 7) is 8.53. The first-order valence-electron chi connectivity index (χ1n) is 10.0. The number of pyridine rings is 1. The number of rotatable bonds is 8. The highest BCUT2D eigenvalue weighted by Crippen LogP contribution is 2.32. The van der Waals surface area contributed by atoms with Crippen molar-refractivity contribution < 1.29 is 23.4 Å². The minimum atomic E-state index is -1.41. The lowest BCUT2D eigenvalue weighted by Crippen LogP contribution is -2.32. The van der Waals surface area contributed by atoms with Crippen molar-refractivity contribution >= 4 is 23.3 Å². The van der Waals surface area contributed by atoms with E-state index in [0.717, 1.165) is 0 Å². The normalized spacial score (nSPS) is 10.7. The number of halogens is 3. The number of carbonyl (C=O) groups is 1. The van der Waals surface area contributed by atoms with Gasteiger partial charge in [-0.05, 0) is 62.1 Å². The molecule has 172 valence electrons.